The van der Waals surface area contributed by atoms with Gasteiger partial charge in [0.2, 0.25) is 11.8 Å². The molecule has 2 aromatic rings. The highest BCUT2D eigenvalue weighted by atomic mass is 32.1. The number of nitrogens with one attached hydrogen (secondary N) is 1. The van der Waals surface area contributed by atoms with E-state index in [0.717, 1.165) is 11.3 Å². The van der Waals surface area contributed by atoms with Crippen LogP contribution in [0.1, 0.15) is 68.6 Å². The molecule has 8 heteroatoms. The summed E-state index contributed by atoms with van der Waals surface area (Å²) in [4.78, 5) is 46.5. The first-order valence-corrected chi connectivity index (χ1v) is 11.9. The fourth-order valence-corrected chi connectivity index (χ4v) is 5.51. The Morgan fingerprint density at radius 1 is 1.19 bits per heavy atom. The average Bonchev–Trinajstić information content (AvgIpc) is 3.33. The van der Waals surface area contributed by atoms with Crippen molar-refractivity contribution in [3.05, 3.63) is 46.5 Å². The number of rotatable bonds is 4. The second-order valence-corrected chi connectivity index (χ2v) is 10.6. The van der Waals surface area contributed by atoms with Crippen LogP contribution in [0, 0.1) is 0 Å². The van der Waals surface area contributed by atoms with Gasteiger partial charge in [-0.25, -0.2) is 4.98 Å². The molecule has 1 saturated heterocycles. The lowest BCUT2D eigenvalue weighted by Gasteiger charge is -2.47. The summed E-state index contributed by atoms with van der Waals surface area (Å²) in [6, 6.07) is 7.62. The molecule has 3 heterocycles. The lowest BCUT2D eigenvalue weighted by Crippen LogP contribution is -2.57. The van der Waals surface area contributed by atoms with Crippen molar-refractivity contribution in [3.63, 3.8) is 0 Å². The van der Waals surface area contributed by atoms with Gasteiger partial charge in [-0.1, -0.05) is 39.0 Å². The maximum atomic E-state index is 13.3. The van der Waals surface area contributed by atoms with E-state index in [-0.39, 0.29) is 29.6 Å². The van der Waals surface area contributed by atoms with E-state index in [0.29, 0.717) is 43.2 Å². The average molecular weight is 455 g/mol. The first-order chi connectivity index (χ1) is 15.1. The lowest BCUT2D eigenvalue weighted by atomic mass is 9.82. The van der Waals surface area contributed by atoms with Crippen LogP contribution in [0.2, 0.25) is 0 Å². The molecule has 170 valence electrons. The number of thiazole rings is 1. The van der Waals surface area contributed by atoms with Gasteiger partial charge in [0.15, 0.2) is 5.13 Å². The SMILES string of the molecule is CC(=O)N1CCC(CC(=O)Nc2nc(C(C)(C)C)cs2)(N2Cc3ccccc3C2=O)CC1. The van der Waals surface area contributed by atoms with Gasteiger partial charge in [-0.15, -0.1) is 11.3 Å². The Morgan fingerprint density at radius 2 is 1.88 bits per heavy atom. The second-order valence-electron chi connectivity index (χ2n) is 9.79. The summed E-state index contributed by atoms with van der Waals surface area (Å²) in [6.45, 7) is 9.38. The van der Waals surface area contributed by atoms with Crippen molar-refractivity contribution in [1.29, 1.82) is 0 Å². The number of fused-ring (bicyclic) bond motifs is 1. The quantitative estimate of drug-likeness (QED) is 0.762. The van der Waals surface area contributed by atoms with E-state index < -0.39 is 5.54 Å². The van der Waals surface area contributed by atoms with Gasteiger partial charge in [0.05, 0.1) is 17.7 Å². The van der Waals surface area contributed by atoms with Crippen molar-refractivity contribution in [1.82, 2.24) is 14.8 Å². The van der Waals surface area contributed by atoms with Crippen LogP contribution >= 0.6 is 11.3 Å². The van der Waals surface area contributed by atoms with Crippen LogP contribution in [0.15, 0.2) is 29.6 Å². The molecule has 1 N–H and O–H groups in total. The first kappa shape index (κ1) is 22.5. The molecule has 0 saturated carbocycles. The van der Waals surface area contributed by atoms with Crippen LogP contribution in [-0.2, 0) is 21.5 Å². The summed E-state index contributed by atoms with van der Waals surface area (Å²) in [5.74, 6) is -0.162. The van der Waals surface area contributed by atoms with Gasteiger partial charge in [0, 0.05) is 42.9 Å². The van der Waals surface area contributed by atoms with Crippen LogP contribution in [-0.4, -0.2) is 51.1 Å². The number of likely N-dealkylation sites (tertiary alicyclic amines) is 1. The molecule has 4 rings (SSSR count). The Morgan fingerprint density at radius 3 is 2.47 bits per heavy atom. The highest BCUT2D eigenvalue weighted by Crippen LogP contribution is 2.39. The number of benzene rings is 1. The molecule has 0 bridgehead atoms. The topological polar surface area (TPSA) is 82.6 Å². The number of carbonyl (C=O) groups excluding carboxylic acids is 3. The third-order valence-electron chi connectivity index (χ3n) is 6.54. The number of amides is 3. The van der Waals surface area contributed by atoms with Crippen molar-refractivity contribution in [2.75, 3.05) is 18.4 Å². The number of anilines is 1. The zero-order valence-corrected chi connectivity index (χ0v) is 19.9. The van der Waals surface area contributed by atoms with Gasteiger partial charge in [0.25, 0.3) is 5.91 Å². The second kappa shape index (κ2) is 8.31. The van der Waals surface area contributed by atoms with Gasteiger partial charge >= 0.3 is 0 Å². The molecule has 2 aliphatic heterocycles. The number of hydrogen-bond acceptors (Lipinski definition) is 5. The molecule has 1 aromatic carbocycles. The van der Waals surface area contributed by atoms with Crippen LogP contribution in [0.25, 0.3) is 0 Å². The maximum absolute atomic E-state index is 13.3. The van der Waals surface area contributed by atoms with E-state index in [4.69, 9.17) is 0 Å². The molecule has 32 heavy (non-hydrogen) atoms. The monoisotopic (exact) mass is 454 g/mol. The molecule has 3 amide bonds. The van der Waals surface area contributed by atoms with Crippen molar-refractivity contribution in [2.45, 2.75) is 64.5 Å². The van der Waals surface area contributed by atoms with E-state index in [1.54, 1.807) is 11.8 Å². The highest BCUT2D eigenvalue weighted by molar-refractivity contribution is 7.13. The minimum atomic E-state index is -0.629. The number of hydrogen-bond donors (Lipinski definition) is 1. The van der Waals surface area contributed by atoms with Crippen LogP contribution < -0.4 is 5.32 Å². The standard InChI is InChI=1S/C24H30N4O3S/c1-16(29)27-11-9-24(10-12-27,28-14-17-7-5-6-8-18(17)21(28)31)13-20(30)26-22-25-19(15-32-22)23(2,3)4/h5-8,15H,9-14H2,1-4H3,(H,25,26,30). The van der Waals surface area contributed by atoms with E-state index in [1.807, 2.05) is 34.5 Å². The zero-order chi connectivity index (χ0) is 23.1. The molecule has 2 aliphatic rings. The van der Waals surface area contributed by atoms with Crippen molar-refractivity contribution < 1.29 is 14.4 Å². The first-order valence-electron chi connectivity index (χ1n) is 11.0. The Hall–Kier alpha value is -2.74. The maximum Gasteiger partial charge on any atom is 0.254 e. The Kier molecular flexibility index (Phi) is 5.83. The minimum Gasteiger partial charge on any atom is -0.343 e. The Bertz CT molecular complexity index is 1050. The molecule has 0 aliphatic carbocycles. The summed E-state index contributed by atoms with van der Waals surface area (Å²) < 4.78 is 0. The van der Waals surface area contributed by atoms with Crippen LogP contribution in [0.5, 0.6) is 0 Å². The van der Waals surface area contributed by atoms with Crippen molar-refractivity contribution in [3.8, 4) is 0 Å². The van der Waals surface area contributed by atoms with Gasteiger partial charge in [0.1, 0.15) is 0 Å². The molecular weight excluding hydrogens is 424 g/mol. The number of aromatic nitrogens is 1. The van der Waals surface area contributed by atoms with Gasteiger partial charge in [-0.2, -0.15) is 0 Å². The Labute approximate surface area is 192 Å². The number of carbonyl (C=O) groups is 3. The van der Waals surface area contributed by atoms with Gasteiger partial charge in [-0.3, -0.25) is 14.4 Å². The van der Waals surface area contributed by atoms with E-state index in [2.05, 4.69) is 31.1 Å². The van der Waals surface area contributed by atoms with E-state index in [9.17, 15) is 14.4 Å². The molecule has 0 radical (unpaired) electrons. The fourth-order valence-electron chi connectivity index (χ4n) is 4.56. The minimum absolute atomic E-state index is 0.0246. The smallest absolute Gasteiger partial charge is 0.254 e. The molecule has 1 fully saturated rings. The summed E-state index contributed by atoms with van der Waals surface area (Å²) in [5.41, 5.74) is 1.91. The fraction of sp³-hybridized carbons (Fsp3) is 0.500. The van der Waals surface area contributed by atoms with Crippen LogP contribution in [0.3, 0.4) is 0 Å². The molecular formula is C24H30N4O3S. The lowest BCUT2D eigenvalue weighted by molar-refractivity contribution is -0.131. The molecule has 7 nitrogen and oxygen atoms in total. The largest absolute Gasteiger partial charge is 0.343 e. The van der Waals surface area contributed by atoms with E-state index >= 15 is 0 Å². The van der Waals surface area contributed by atoms with Gasteiger partial charge < -0.3 is 15.1 Å². The van der Waals surface area contributed by atoms with E-state index in [1.165, 1.54) is 11.3 Å². The zero-order valence-electron chi connectivity index (χ0n) is 19.1. The number of piperidine rings is 1. The third-order valence-corrected chi connectivity index (χ3v) is 7.30. The third kappa shape index (κ3) is 4.28. The predicted octanol–water partition coefficient (Wildman–Crippen LogP) is 3.81. The summed E-state index contributed by atoms with van der Waals surface area (Å²) in [5, 5.41) is 5.50. The normalized spacial score (nSPS) is 17.9. The summed E-state index contributed by atoms with van der Waals surface area (Å²) in [6.07, 6.45) is 1.33. The van der Waals surface area contributed by atoms with Crippen molar-refractivity contribution >= 4 is 34.2 Å². The summed E-state index contributed by atoms with van der Waals surface area (Å²) >= 11 is 1.42. The molecule has 1 aromatic heterocycles. The molecule has 0 atom stereocenters. The Balaban J connectivity index is 1.55. The summed E-state index contributed by atoms with van der Waals surface area (Å²) in [7, 11) is 0. The molecule has 0 unspecified atom stereocenters. The van der Waals surface area contributed by atoms with Gasteiger partial charge in [-0.05, 0) is 24.5 Å². The van der Waals surface area contributed by atoms with Crippen molar-refractivity contribution in [2.24, 2.45) is 0 Å². The predicted molar refractivity (Wildman–Crippen MR) is 125 cm³/mol. The highest BCUT2D eigenvalue weighted by Gasteiger charge is 2.47. The number of nitrogens with zero attached hydrogens (tertiary/aromatic N) is 3. The molecule has 0 spiro atoms. The van der Waals surface area contributed by atoms with Crippen LogP contribution in [0.4, 0.5) is 5.13 Å².